The smallest absolute Gasteiger partial charge is 0.340 e. The molecule has 2 N–H and O–H groups in total. The van der Waals surface area contributed by atoms with Crippen LogP contribution in [-0.2, 0) is 11.0 Å². The van der Waals surface area contributed by atoms with Crippen LogP contribution in [0.5, 0.6) is 0 Å². The standard InChI is InChI=1S/C22H20ClF3N4O2S/c1-3-12(2)17(27-18(31)14-5-4-6-15(11-14)22(24,25)26)19(32)28-21-30-29-20(33-21)13-7-9-16(23)10-8-13/h4-12,17H,3H2,1-2H3,(H,27,31)(H,28,30,32). The van der Waals surface area contributed by atoms with Gasteiger partial charge in [0.25, 0.3) is 5.91 Å². The number of halogens is 4. The summed E-state index contributed by atoms with van der Waals surface area (Å²) >= 11 is 7.03. The van der Waals surface area contributed by atoms with Crippen molar-refractivity contribution in [3.8, 4) is 10.6 Å². The van der Waals surface area contributed by atoms with E-state index in [1.807, 2.05) is 6.92 Å². The molecule has 0 spiro atoms. The zero-order valence-electron chi connectivity index (χ0n) is 17.6. The molecule has 2 atom stereocenters. The second kappa shape index (κ2) is 10.3. The molecular weight excluding hydrogens is 477 g/mol. The fourth-order valence-corrected chi connectivity index (χ4v) is 3.81. The molecule has 3 aromatic rings. The molecule has 0 aliphatic heterocycles. The van der Waals surface area contributed by atoms with E-state index in [2.05, 4.69) is 20.8 Å². The zero-order valence-corrected chi connectivity index (χ0v) is 19.2. The largest absolute Gasteiger partial charge is 0.416 e. The highest BCUT2D eigenvalue weighted by Gasteiger charge is 2.32. The molecule has 2 aromatic carbocycles. The van der Waals surface area contributed by atoms with Crippen LogP contribution in [0, 0.1) is 5.92 Å². The number of aromatic nitrogens is 2. The molecule has 0 saturated heterocycles. The van der Waals surface area contributed by atoms with E-state index in [-0.39, 0.29) is 16.6 Å². The quantitative estimate of drug-likeness (QED) is 0.442. The number of benzene rings is 2. The molecule has 0 aliphatic carbocycles. The first-order valence-corrected chi connectivity index (χ1v) is 11.2. The van der Waals surface area contributed by atoms with Crippen molar-refractivity contribution in [1.82, 2.24) is 15.5 Å². The Bertz CT molecular complexity index is 1140. The van der Waals surface area contributed by atoms with E-state index in [0.717, 1.165) is 35.1 Å². The summed E-state index contributed by atoms with van der Waals surface area (Å²) in [5, 5.41) is 14.6. The lowest BCUT2D eigenvalue weighted by Crippen LogP contribution is -2.47. The lowest BCUT2D eigenvalue weighted by atomic mass is 9.97. The van der Waals surface area contributed by atoms with Gasteiger partial charge >= 0.3 is 6.18 Å². The summed E-state index contributed by atoms with van der Waals surface area (Å²) in [4.78, 5) is 25.5. The van der Waals surface area contributed by atoms with Crippen LogP contribution >= 0.6 is 22.9 Å². The Balaban J connectivity index is 1.74. The summed E-state index contributed by atoms with van der Waals surface area (Å²) in [5.74, 6) is -1.60. The maximum atomic E-state index is 13.0. The zero-order chi connectivity index (χ0) is 24.2. The topological polar surface area (TPSA) is 84.0 Å². The van der Waals surface area contributed by atoms with Crippen molar-refractivity contribution in [2.75, 3.05) is 5.32 Å². The number of anilines is 1. The molecule has 6 nitrogen and oxygen atoms in total. The summed E-state index contributed by atoms with van der Waals surface area (Å²) in [6.07, 6.45) is -4.03. The van der Waals surface area contributed by atoms with Crippen LogP contribution in [0.15, 0.2) is 48.5 Å². The van der Waals surface area contributed by atoms with Gasteiger partial charge in [-0.2, -0.15) is 13.2 Å². The highest BCUT2D eigenvalue weighted by molar-refractivity contribution is 7.18. The molecule has 0 radical (unpaired) electrons. The van der Waals surface area contributed by atoms with Gasteiger partial charge in [-0.25, -0.2) is 0 Å². The van der Waals surface area contributed by atoms with Gasteiger partial charge in [-0.05, 0) is 36.2 Å². The van der Waals surface area contributed by atoms with Gasteiger partial charge < -0.3 is 5.32 Å². The molecule has 0 saturated carbocycles. The first kappa shape index (κ1) is 24.7. The fourth-order valence-electron chi connectivity index (χ4n) is 2.93. The number of carbonyl (C=O) groups excluding carboxylic acids is 2. The summed E-state index contributed by atoms with van der Waals surface area (Å²) in [6, 6.07) is 10.0. The first-order valence-electron chi connectivity index (χ1n) is 9.97. The predicted octanol–water partition coefficient (Wildman–Crippen LogP) is 5.66. The molecule has 0 fully saturated rings. The first-order chi connectivity index (χ1) is 15.6. The van der Waals surface area contributed by atoms with E-state index in [0.29, 0.717) is 16.5 Å². The van der Waals surface area contributed by atoms with Crippen LogP contribution < -0.4 is 10.6 Å². The van der Waals surface area contributed by atoms with Crippen LogP contribution in [0.2, 0.25) is 5.02 Å². The minimum atomic E-state index is -4.58. The molecule has 3 rings (SSSR count). The van der Waals surface area contributed by atoms with E-state index >= 15 is 0 Å². The Morgan fingerprint density at radius 2 is 1.82 bits per heavy atom. The molecule has 0 bridgehead atoms. The molecule has 33 heavy (non-hydrogen) atoms. The number of nitrogens with zero attached hydrogens (tertiary/aromatic N) is 2. The number of hydrogen-bond donors (Lipinski definition) is 2. The maximum absolute atomic E-state index is 13.0. The van der Waals surface area contributed by atoms with Crippen LogP contribution in [-0.4, -0.2) is 28.1 Å². The van der Waals surface area contributed by atoms with Gasteiger partial charge in [0.15, 0.2) is 0 Å². The van der Waals surface area contributed by atoms with E-state index in [1.165, 1.54) is 6.07 Å². The van der Waals surface area contributed by atoms with E-state index in [4.69, 9.17) is 11.6 Å². The fraction of sp³-hybridized carbons (Fsp3) is 0.273. The van der Waals surface area contributed by atoms with Gasteiger partial charge in [0, 0.05) is 16.1 Å². The molecule has 1 aromatic heterocycles. The van der Waals surface area contributed by atoms with Crippen molar-refractivity contribution in [2.45, 2.75) is 32.5 Å². The van der Waals surface area contributed by atoms with E-state index in [1.54, 1.807) is 31.2 Å². The number of amides is 2. The number of hydrogen-bond acceptors (Lipinski definition) is 5. The van der Waals surface area contributed by atoms with Gasteiger partial charge in [0.1, 0.15) is 11.0 Å². The maximum Gasteiger partial charge on any atom is 0.416 e. The average molecular weight is 497 g/mol. The lowest BCUT2D eigenvalue weighted by Gasteiger charge is -2.23. The highest BCUT2D eigenvalue weighted by Crippen LogP contribution is 2.30. The average Bonchev–Trinajstić information content (AvgIpc) is 3.25. The van der Waals surface area contributed by atoms with Gasteiger partial charge in [0.05, 0.1) is 5.56 Å². The van der Waals surface area contributed by atoms with Gasteiger partial charge in [-0.3, -0.25) is 14.9 Å². The number of alkyl halides is 3. The molecule has 2 unspecified atom stereocenters. The van der Waals surface area contributed by atoms with Crippen molar-refractivity contribution < 1.29 is 22.8 Å². The van der Waals surface area contributed by atoms with Gasteiger partial charge in [-0.15, -0.1) is 10.2 Å². The van der Waals surface area contributed by atoms with Gasteiger partial charge in [-0.1, -0.05) is 61.4 Å². The Morgan fingerprint density at radius 3 is 2.45 bits per heavy atom. The highest BCUT2D eigenvalue weighted by atomic mass is 35.5. The monoisotopic (exact) mass is 496 g/mol. The molecular formula is C22H20ClF3N4O2S. The Morgan fingerprint density at radius 1 is 1.12 bits per heavy atom. The second-order valence-corrected chi connectivity index (χ2v) is 8.74. The van der Waals surface area contributed by atoms with E-state index in [9.17, 15) is 22.8 Å². The third-order valence-corrected chi connectivity index (χ3v) is 6.12. The summed E-state index contributed by atoms with van der Waals surface area (Å²) < 4.78 is 38.9. The van der Waals surface area contributed by atoms with Crippen LogP contribution in [0.3, 0.4) is 0 Å². The van der Waals surface area contributed by atoms with E-state index < -0.39 is 29.6 Å². The van der Waals surface area contributed by atoms with Gasteiger partial charge in [0.2, 0.25) is 11.0 Å². The van der Waals surface area contributed by atoms with Crippen molar-refractivity contribution >= 4 is 39.9 Å². The van der Waals surface area contributed by atoms with Crippen LogP contribution in [0.25, 0.3) is 10.6 Å². The Hall–Kier alpha value is -2.98. The molecule has 11 heteroatoms. The van der Waals surface area contributed by atoms with Crippen molar-refractivity contribution in [2.24, 2.45) is 5.92 Å². The molecule has 0 aliphatic rings. The SMILES string of the molecule is CCC(C)C(NC(=O)c1cccc(C(F)(F)F)c1)C(=O)Nc1nnc(-c2ccc(Cl)cc2)s1. The Labute approximate surface area is 197 Å². The van der Waals surface area contributed by atoms with Crippen LogP contribution in [0.4, 0.5) is 18.3 Å². The third-order valence-electron chi connectivity index (χ3n) is 4.98. The minimum Gasteiger partial charge on any atom is -0.340 e. The van der Waals surface area contributed by atoms with Crippen LogP contribution in [0.1, 0.15) is 36.2 Å². The van der Waals surface area contributed by atoms with Crippen molar-refractivity contribution in [3.63, 3.8) is 0 Å². The summed E-state index contributed by atoms with van der Waals surface area (Å²) in [6.45, 7) is 3.60. The van der Waals surface area contributed by atoms with Crippen molar-refractivity contribution in [1.29, 1.82) is 0 Å². The summed E-state index contributed by atoms with van der Waals surface area (Å²) in [7, 11) is 0. The summed E-state index contributed by atoms with van der Waals surface area (Å²) in [5.41, 5.74) is -0.358. The minimum absolute atomic E-state index is 0.188. The third kappa shape index (κ3) is 6.29. The lowest BCUT2D eigenvalue weighted by molar-refractivity contribution is -0.137. The molecule has 1 heterocycles. The number of nitrogens with one attached hydrogen (secondary N) is 2. The normalized spacial score (nSPS) is 13.3. The predicted molar refractivity (Wildman–Crippen MR) is 121 cm³/mol. The number of rotatable bonds is 7. The second-order valence-electron chi connectivity index (χ2n) is 7.32. The molecule has 2 amide bonds. The van der Waals surface area contributed by atoms with Crippen molar-refractivity contribution in [3.05, 3.63) is 64.7 Å². The molecule has 174 valence electrons. The Kier molecular flexibility index (Phi) is 7.70. The number of carbonyl (C=O) groups is 2.